The summed E-state index contributed by atoms with van der Waals surface area (Å²) < 4.78 is 0. The molecule has 3 heterocycles. The van der Waals surface area contributed by atoms with Crippen molar-refractivity contribution < 1.29 is 0 Å². The van der Waals surface area contributed by atoms with Crippen molar-refractivity contribution in [1.82, 2.24) is 15.1 Å². The van der Waals surface area contributed by atoms with Gasteiger partial charge < -0.3 is 10.2 Å². The molecule has 0 saturated carbocycles. The Bertz CT molecular complexity index is 250. The second-order valence-electron chi connectivity index (χ2n) is 6.34. The topological polar surface area (TPSA) is 18.5 Å². The summed E-state index contributed by atoms with van der Waals surface area (Å²) in [7, 11) is 0. The van der Waals surface area contributed by atoms with E-state index in [0.29, 0.717) is 0 Å². The number of hydrogen-bond donors (Lipinski definition) is 1. The standard InChI is InChI=1S/C14H27N3/c1-12(13-8-15-9-13)10-16-6-7-17-5-3-2-4-14(17)11-16/h12-15H,2-11H2,1H3. The van der Waals surface area contributed by atoms with Crippen LogP contribution in [0.1, 0.15) is 26.2 Å². The second-order valence-corrected chi connectivity index (χ2v) is 6.34. The summed E-state index contributed by atoms with van der Waals surface area (Å²) in [6, 6.07) is 0.879. The maximum atomic E-state index is 3.40. The lowest BCUT2D eigenvalue weighted by Gasteiger charge is -2.45. The van der Waals surface area contributed by atoms with Crippen molar-refractivity contribution in [3.05, 3.63) is 0 Å². The molecule has 2 unspecified atom stereocenters. The molecule has 0 radical (unpaired) electrons. The number of rotatable bonds is 3. The minimum atomic E-state index is 0.879. The molecule has 0 aromatic carbocycles. The summed E-state index contributed by atoms with van der Waals surface area (Å²) in [5, 5.41) is 3.40. The molecule has 0 aromatic rings. The first-order valence-electron chi connectivity index (χ1n) is 7.50. The maximum Gasteiger partial charge on any atom is 0.0223 e. The van der Waals surface area contributed by atoms with Crippen molar-refractivity contribution >= 4 is 0 Å². The fourth-order valence-electron chi connectivity index (χ4n) is 3.66. The molecule has 0 bridgehead atoms. The van der Waals surface area contributed by atoms with Crippen LogP contribution in [0.4, 0.5) is 0 Å². The van der Waals surface area contributed by atoms with Gasteiger partial charge in [0.2, 0.25) is 0 Å². The van der Waals surface area contributed by atoms with E-state index in [1.165, 1.54) is 65.1 Å². The number of nitrogens with one attached hydrogen (secondary N) is 1. The van der Waals surface area contributed by atoms with Gasteiger partial charge in [0.05, 0.1) is 0 Å². The lowest BCUT2D eigenvalue weighted by molar-refractivity contribution is 0.0352. The zero-order valence-corrected chi connectivity index (χ0v) is 11.2. The van der Waals surface area contributed by atoms with E-state index in [-0.39, 0.29) is 0 Å². The van der Waals surface area contributed by atoms with E-state index in [9.17, 15) is 0 Å². The molecular weight excluding hydrogens is 210 g/mol. The molecule has 0 spiro atoms. The molecule has 3 nitrogen and oxygen atoms in total. The largest absolute Gasteiger partial charge is 0.316 e. The molecule has 98 valence electrons. The maximum absolute atomic E-state index is 3.40. The van der Waals surface area contributed by atoms with E-state index >= 15 is 0 Å². The quantitative estimate of drug-likeness (QED) is 0.790. The predicted molar refractivity (Wildman–Crippen MR) is 71.2 cm³/mol. The minimum absolute atomic E-state index is 0.879. The van der Waals surface area contributed by atoms with E-state index in [4.69, 9.17) is 0 Å². The SMILES string of the molecule is CC(CN1CCN2CCCCC2C1)C1CNC1. The Hall–Kier alpha value is -0.120. The molecular formula is C14H27N3. The molecule has 3 rings (SSSR count). The van der Waals surface area contributed by atoms with Crippen LogP contribution in [0, 0.1) is 11.8 Å². The van der Waals surface area contributed by atoms with Crippen molar-refractivity contribution in [1.29, 1.82) is 0 Å². The number of hydrogen-bond acceptors (Lipinski definition) is 3. The van der Waals surface area contributed by atoms with E-state index in [1.54, 1.807) is 0 Å². The van der Waals surface area contributed by atoms with Gasteiger partial charge in [-0.3, -0.25) is 4.90 Å². The normalized spacial score (nSPS) is 34.1. The molecule has 2 atom stereocenters. The van der Waals surface area contributed by atoms with Gasteiger partial charge in [0, 0.05) is 32.2 Å². The summed E-state index contributed by atoms with van der Waals surface area (Å²) in [5.74, 6) is 1.82. The first-order chi connectivity index (χ1) is 8.33. The monoisotopic (exact) mass is 237 g/mol. The van der Waals surface area contributed by atoms with Gasteiger partial charge in [0.25, 0.3) is 0 Å². The van der Waals surface area contributed by atoms with Crippen LogP contribution in [0.15, 0.2) is 0 Å². The highest BCUT2D eigenvalue weighted by molar-refractivity contribution is 4.87. The molecule has 3 saturated heterocycles. The highest BCUT2D eigenvalue weighted by atomic mass is 15.3. The average molecular weight is 237 g/mol. The van der Waals surface area contributed by atoms with E-state index in [2.05, 4.69) is 22.0 Å². The van der Waals surface area contributed by atoms with Crippen LogP contribution in [-0.2, 0) is 0 Å². The zero-order valence-electron chi connectivity index (χ0n) is 11.2. The van der Waals surface area contributed by atoms with Crippen molar-refractivity contribution in [3.63, 3.8) is 0 Å². The Morgan fingerprint density at radius 1 is 1.18 bits per heavy atom. The first-order valence-corrected chi connectivity index (χ1v) is 7.50. The van der Waals surface area contributed by atoms with E-state index < -0.39 is 0 Å². The Morgan fingerprint density at radius 2 is 2.06 bits per heavy atom. The van der Waals surface area contributed by atoms with Gasteiger partial charge >= 0.3 is 0 Å². The van der Waals surface area contributed by atoms with Crippen molar-refractivity contribution in [3.8, 4) is 0 Å². The number of piperidine rings is 1. The minimum Gasteiger partial charge on any atom is -0.316 e. The van der Waals surface area contributed by atoms with Gasteiger partial charge in [-0.1, -0.05) is 13.3 Å². The molecule has 3 aliphatic heterocycles. The Morgan fingerprint density at radius 3 is 2.82 bits per heavy atom. The molecule has 1 N–H and O–H groups in total. The lowest BCUT2D eigenvalue weighted by Crippen LogP contribution is -2.56. The van der Waals surface area contributed by atoms with Crippen LogP contribution in [0.5, 0.6) is 0 Å². The lowest BCUT2D eigenvalue weighted by atomic mass is 9.88. The number of fused-ring (bicyclic) bond motifs is 1. The van der Waals surface area contributed by atoms with Crippen LogP contribution in [0.25, 0.3) is 0 Å². The highest BCUT2D eigenvalue weighted by Gasteiger charge is 2.31. The fraction of sp³-hybridized carbons (Fsp3) is 1.00. The van der Waals surface area contributed by atoms with Crippen LogP contribution in [-0.4, -0.2) is 61.7 Å². The third-order valence-electron chi connectivity index (χ3n) is 5.09. The van der Waals surface area contributed by atoms with Crippen LogP contribution >= 0.6 is 0 Å². The predicted octanol–water partition coefficient (Wildman–Crippen LogP) is 1.01. The summed E-state index contributed by atoms with van der Waals surface area (Å²) in [4.78, 5) is 5.46. The van der Waals surface area contributed by atoms with Crippen LogP contribution in [0.3, 0.4) is 0 Å². The van der Waals surface area contributed by atoms with Gasteiger partial charge in [0.15, 0.2) is 0 Å². The van der Waals surface area contributed by atoms with Crippen LogP contribution < -0.4 is 5.32 Å². The number of piperazine rings is 1. The Kier molecular flexibility index (Phi) is 3.69. The van der Waals surface area contributed by atoms with Crippen LogP contribution in [0.2, 0.25) is 0 Å². The summed E-state index contributed by atoms with van der Waals surface area (Å²) in [6.07, 6.45) is 4.33. The summed E-state index contributed by atoms with van der Waals surface area (Å²) in [5.41, 5.74) is 0. The average Bonchev–Trinajstić information content (AvgIpc) is 2.26. The third-order valence-corrected chi connectivity index (χ3v) is 5.09. The zero-order chi connectivity index (χ0) is 11.7. The molecule has 3 aliphatic rings. The molecule has 0 amide bonds. The highest BCUT2D eigenvalue weighted by Crippen LogP contribution is 2.23. The number of nitrogens with zero attached hydrogens (tertiary/aromatic N) is 2. The van der Waals surface area contributed by atoms with Gasteiger partial charge in [-0.05, 0) is 44.3 Å². The van der Waals surface area contributed by atoms with E-state index in [0.717, 1.165) is 17.9 Å². The smallest absolute Gasteiger partial charge is 0.0223 e. The van der Waals surface area contributed by atoms with Crippen molar-refractivity contribution in [2.75, 3.05) is 45.8 Å². The third kappa shape index (κ3) is 2.67. The van der Waals surface area contributed by atoms with Crippen molar-refractivity contribution in [2.24, 2.45) is 11.8 Å². The molecule has 17 heavy (non-hydrogen) atoms. The fourth-order valence-corrected chi connectivity index (χ4v) is 3.66. The molecule has 3 fully saturated rings. The first kappa shape index (κ1) is 11.9. The van der Waals surface area contributed by atoms with E-state index in [1.807, 2.05) is 0 Å². The Labute approximate surface area is 106 Å². The van der Waals surface area contributed by atoms with Gasteiger partial charge in [-0.2, -0.15) is 0 Å². The Balaban J connectivity index is 1.48. The van der Waals surface area contributed by atoms with Gasteiger partial charge in [-0.15, -0.1) is 0 Å². The van der Waals surface area contributed by atoms with Gasteiger partial charge in [0.1, 0.15) is 0 Å². The molecule has 0 aromatic heterocycles. The molecule has 3 heteroatoms. The molecule has 0 aliphatic carbocycles. The summed E-state index contributed by atoms with van der Waals surface area (Å²) >= 11 is 0. The second kappa shape index (κ2) is 5.25. The van der Waals surface area contributed by atoms with Crippen molar-refractivity contribution in [2.45, 2.75) is 32.2 Å². The van der Waals surface area contributed by atoms with Gasteiger partial charge in [-0.25, -0.2) is 0 Å². The summed E-state index contributed by atoms with van der Waals surface area (Å²) in [6.45, 7) is 11.6.